The Morgan fingerprint density at radius 3 is 2.64 bits per heavy atom. The van der Waals surface area contributed by atoms with Gasteiger partial charge >= 0.3 is 0 Å². The van der Waals surface area contributed by atoms with Crippen LogP contribution < -0.4 is 0 Å². The number of thioether (sulfide) groups is 1. The number of nitrogens with zero attached hydrogens (tertiary/aromatic N) is 3. The topological polar surface area (TPSA) is 57.0 Å². The van der Waals surface area contributed by atoms with E-state index >= 15 is 0 Å². The maximum atomic E-state index is 12.6. The molecule has 1 saturated heterocycles. The number of hydrogen-bond acceptors (Lipinski definition) is 4. The number of aromatic nitrogens is 1. The molecule has 1 aromatic rings. The fraction of sp³-hybridized carbons (Fsp3) is 0.588. The van der Waals surface area contributed by atoms with Gasteiger partial charge in [-0.05, 0) is 58.6 Å². The minimum atomic E-state index is 0.148. The maximum Gasteiger partial charge on any atom is 0.233 e. The lowest BCUT2D eigenvalue weighted by atomic mass is 9.98. The van der Waals surface area contributed by atoms with Gasteiger partial charge in [-0.15, -0.1) is 0 Å². The Morgan fingerprint density at radius 1 is 1.41 bits per heavy atom. The first-order valence-corrected chi connectivity index (χ1v) is 8.75. The van der Waals surface area contributed by atoms with Crippen LogP contribution in [0.5, 0.6) is 0 Å². The maximum absolute atomic E-state index is 12.6. The van der Waals surface area contributed by atoms with Crippen molar-refractivity contribution in [2.45, 2.75) is 64.1 Å². The molecule has 1 fully saturated rings. The standard InChI is InChI=1S/C17H23N3OS/c1-11-8-12(2)19-17(15(11)9-18)22-10-16(21)20-13(3)6-5-7-14(20)4/h8,13-14H,5-7,10H2,1-4H3. The fourth-order valence-electron chi connectivity index (χ4n) is 3.16. The summed E-state index contributed by atoms with van der Waals surface area (Å²) in [6.07, 6.45) is 3.34. The number of pyridine rings is 1. The van der Waals surface area contributed by atoms with E-state index in [1.54, 1.807) is 0 Å². The second kappa shape index (κ2) is 7.15. The fourth-order valence-corrected chi connectivity index (χ4v) is 4.13. The summed E-state index contributed by atoms with van der Waals surface area (Å²) in [5.74, 6) is 0.494. The van der Waals surface area contributed by atoms with E-state index in [0.717, 1.165) is 24.1 Å². The predicted molar refractivity (Wildman–Crippen MR) is 88.8 cm³/mol. The number of hydrogen-bond donors (Lipinski definition) is 0. The summed E-state index contributed by atoms with van der Waals surface area (Å²) in [5, 5.41) is 9.96. The predicted octanol–water partition coefficient (Wildman–Crippen LogP) is 3.45. The van der Waals surface area contributed by atoms with Crippen LogP contribution in [0.25, 0.3) is 0 Å². The van der Waals surface area contributed by atoms with Crippen molar-refractivity contribution < 1.29 is 4.79 Å². The average Bonchev–Trinajstić information content (AvgIpc) is 2.44. The summed E-state index contributed by atoms with van der Waals surface area (Å²) in [5.41, 5.74) is 2.39. The number of nitriles is 1. The first-order valence-electron chi connectivity index (χ1n) is 7.76. The molecule has 0 aromatic carbocycles. The molecule has 5 heteroatoms. The van der Waals surface area contributed by atoms with Crippen LogP contribution >= 0.6 is 11.8 Å². The number of likely N-dealkylation sites (tertiary alicyclic amines) is 1. The molecule has 0 saturated carbocycles. The minimum absolute atomic E-state index is 0.148. The molecular formula is C17H23N3OS. The van der Waals surface area contributed by atoms with Gasteiger partial charge in [-0.2, -0.15) is 5.26 Å². The number of rotatable bonds is 3. The Bertz CT molecular complexity index is 599. The Labute approximate surface area is 136 Å². The zero-order valence-electron chi connectivity index (χ0n) is 13.7. The van der Waals surface area contributed by atoms with Gasteiger partial charge in [0.2, 0.25) is 5.91 Å². The molecule has 118 valence electrons. The molecule has 2 unspecified atom stereocenters. The third-order valence-corrected chi connectivity index (χ3v) is 5.20. The molecule has 1 amide bonds. The molecule has 0 aliphatic carbocycles. The zero-order chi connectivity index (χ0) is 16.3. The molecule has 1 aliphatic heterocycles. The van der Waals surface area contributed by atoms with Crippen molar-refractivity contribution in [2.75, 3.05) is 5.75 Å². The SMILES string of the molecule is Cc1cc(C)c(C#N)c(SCC(=O)N2C(C)CCCC2C)n1. The van der Waals surface area contributed by atoms with Gasteiger partial charge in [-0.3, -0.25) is 4.79 Å². The van der Waals surface area contributed by atoms with Crippen molar-refractivity contribution in [1.29, 1.82) is 5.26 Å². The van der Waals surface area contributed by atoms with Gasteiger partial charge in [0.1, 0.15) is 11.1 Å². The monoisotopic (exact) mass is 317 g/mol. The Kier molecular flexibility index (Phi) is 5.47. The molecule has 0 bridgehead atoms. The Morgan fingerprint density at radius 2 is 2.05 bits per heavy atom. The van der Waals surface area contributed by atoms with Crippen LogP contribution in [0.3, 0.4) is 0 Å². The number of carbonyl (C=O) groups is 1. The van der Waals surface area contributed by atoms with Crippen LogP contribution in [-0.4, -0.2) is 33.6 Å². The van der Waals surface area contributed by atoms with E-state index in [9.17, 15) is 10.1 Å². The molecule has 0 N–H and O–H groups in total. The van der Waals surface area contributed by atoms with E-state index in [2.05, 4.69) is 24.9 Å². The van der Waals surface area contributed by atoms with Crippen molar-refractivity contribution >= 4 is 17.7 Å². The van der Waals surface area contributed by atoms with Crippen molar-refractivity contribution in [1.82, 2.24) is 9.88 Å². The van der Waals surface area contributed by atoms with Crippen molar-refractivity contribution in [3.8, 4) is 6.07 Å². The molecule has 1 aromatic heterocycles. The largest absolute Gasteiger partial charge is 0.337 e. The highest BCUT2D eigenvalue weighted by Gasteiger charge is 2.28. The van der Waals surface area contributed by atoms with Crippen LogP contribution in [0.15, 0.2) is 11.1 Å². The van der Waals surface area contributed by atoms with Crippen molar-refractivity contribution in [3.05, 3.63) is 22.9 Å². The summed E-state index contributed by atoms with van der Waals surface area (Å²) in [4.78, 5) is 19.0. The highest BCUT2D eigenvalue weighted by atomic mass is 32.2. The van der Waals surface area contributed by atoms with Gasteiger partial charge in [0, 0.05) is 17.8 Å². The van der Waals surface area contributed by atoms with Crippen molar-refractivity contribution in [2.24, 2.45) is 0 Å². The molecule has 4 nitrogen and oxygen atoms in total. The lowest BCUT2D eigenvalue weighted by Crippen LogP contribution is -2.48. The second-order valence-electron chi connectivity index (χ2n) is 6.09. The minimum Gasteiger partial charge on any atom is -0.337 e. The number of piperidine rings is 1. The highest BCUT2D eigenvalue weighted by molar-refractivity contribution is 8.00. The van der Waals surface area contributed by atoms with Gasteiger partial charge < -0.3 is 4.90 Å². The van der Waals surface area contributed by atoms with E-state index in [-0.39, 0.29) is 5.91 Å². The number of amides is 1. The summed E-state index contributed by atoms with van der Waals surface area (Å²) in [6, 6.07) is 4.72. The molecule has 2 rings (SSSR count). The van der Waals surface area contributed by atoms with Crippen LogP contribution in [-0.2, 0) is 4.79 Å². The Hall–Kier alpha value is -1.54. The number of aryl methyl sites for hydroxylation is 2. The molecule has 1 aliphatic rings. The summed E-state index contributed by atoms with van der Waals surface area (Å²) in [6.45, 7) is 8.06. The third kappa shape index (κ3) is 3.61. The zero-order valence-corrected chi connectivity index (χ0v) is 14.5. The van der Waals surface area contributed by atoms with E-state index < -0.39 is 0 Å². The highest BCUT2D eigenvalue weighted by Crippen LogP contribution is 2.27. The second-order valence-corrected chi connectivity index (χ2v) is 7.06. The molecule has 0 spiro atoms. The van der Waals surface area contributed by atoms with Crippen molar-refractivity contribution in [3.63, 3.8) is 0 Å². The van der Waals surface area contributed by atoms with Crippen LogP contribution in [0.2, 0.25) is 0 Å². The van der Waals surface area contributed by atoms with Gasteiger partial charge in [-0.25, -0.2) is 4.98 Å². The first kappa shape index (κ1) is 16.8. The van der Waals surface area contributed by atoms with E-state index in [1.807, 2.05) is 24.8 Å². The van der Waals surface area contributed by atoms with Crippen LogP contribution in [0.4, 0.5) is 0 Å². The lowest BCUT2D eigenvalue weighted by Gasteiger charge is -2.39. The third-order valence-electron chi connectivity index (χ3n) is 4.24. The van der Waals surface area contributed by atoms with Crippen LogP contribution in [0.1, 0.15) is 49.9 Å². The van der Waals surface area contributed by atoms with Gasteiger partial charge in [0.25, 0.3) is 0 Å². The summed E-state index contributed by atoms with van der Waals surface area (Å²) < 4.78 is 0. The van der Waals surface area contributed by atoms with Crippen LogP contribution in [0, 0.1) is 25.2 Å². The quantitative estimate of drug-likeness (QED) is 0.801. The number of carbonyl (C=O) groups excluding carboxylic acids is 1. The van der Waals surface area contributed by atoms with Gasteiger partial charge in [0.05, 0.1) is 11.3 Å². The van der Waals surface area contributed by atoms with Gasteiger partial charge in [0.15, 0.2) is 0 Å². The van der Waals surface area contributed by atoms with Gasteiger partial charge in [-0.1, -0.05) is 11.8 Å². The first-order chi connectivity index (χ1) is 10.4. The molecule has 0 radical (unpaired) electrons. The normalized spacial score (nSPS) is 21.5. The average molecular weight is 317 g/mol. The Balaban J connectivity index is 2.10. The molecule has 2 heterocycles. The van der Waals surface area contributed by atoms with E-state index in [4.69, 9.17) is 0 Å². The lowest BCUT2D eigenvalue weighted by molar-refractivity contribution is -0.134. The molecular weight excluding hydrogens is 294 g/mol. The van der Waals surface area contributed by atoms with E-state index in [1.165, 1.54) is 18.2 Å². The summed E-state index contributed by atoms with van der Waals surface area (Å²) in [7, 11) is 0. The molecule has 22 heavy (non-hydrogen) atoms. The summed E-state index contributed by atoms with van der Waals surface area (Å²) >= 11 is 1.38. The molecule has 2 atom stereocenters. The van der Waals surface area contributed by atoms with E-state index in [0.29, 0.717) is 28.4 Å². The smallest absolute Gasteiger partial charge is 0.233 e.